The number of hydrogen-bond acceptors (Lipinski definition) is 5. The summed E-state index contributed by atoms with van der Waals surface area (Å²) in [6, 6.07) is 6.50. The van der Waals surface area contributed by atoms with Gasteiger partial charge in [-0.1, -0.05) is 12.5 Å². The van der Waals surface area contributed by atoms with Crippen molar-refractivity contribution in [1.82, 2.24) is 5.32 Å². The van der Waals surface area contributed by atoms with Crippen LogP contribution in [-0.2, 0) is 14.6 Å². The summed E-state index contributed by atoms with van der Waals surface area (Å²) in [6.07, 6.45) is 6.07. The van der Waals surface area contributed by atoms with Gasteiger partial charge in [0.25, 0.3) is 0 Å². The molecule has 7 heteroatoms. The molecule has 6 nitrogen and oxygen atoms in total. The minimum Gasteiger partial charge on any atom is -0.489 e. The second kappa shape index (κ2) is 10.5. The van der Waals surface area contributed by atoms with Crippen LogP contribution in [0.15, 0.2) is 40.8 Å². The molecule has 150 valence electrons. The smallest absolute Gasteiger partial charge is 0.223 e. The molecule has 3 N–H and O–H groups in total. The average molecular weight is 395 g/mol. The Morgan fingerprint density at radius 3 is 2.52 bits per heavy atom. The van der Waals surface area contributed by atoms with E-state index in [1.807, 2.05) is 13.0 Å². The number of unbranched alkanes of at least 4 members (excludes halogenated alkanes) is 2. The first-order valence-electron chi connectivity index (χ1n) is 9.53. The van der Waals surface area contributed by atoms with Crippen LogP contribution in [-0.4, -0.2) is 39.8 Å². The van der Waals surface area contributed by atoms with E-state index in [2.05, 4.69) is 5.32 Å². The number of hydrogen-bond donors (Lipinski definition) is 2. The van der Waals surface area contributed by atoms with Crippen LogP contribution in [0.2, 0.25) is 0 Å². The summed E-state index contributed by atoms with van der Waals surface area (Å²) in [5, 5.41) is 2.89. The van der Waals surface area contributed by atoms with Crippen LogP contribution >= 0.6 is 0 Å². The number of sulfone groups is 1. The Bertz CT molecular complexity index is 738. The Kier molecular flexibility index (Phi) is 8.31. The lowest BCUT2D eigenvalue weighted by Gasteiger charge is -2.09. The quantitative estimate of drug-likeness (QED) is 0.419. The van der Waals surface area contributed by atoms with Crippen LogP contribution in [0, 0.1) is 5.92 Å². The van der Waals surface area contributed by atoms with Crippen molar-refractivity contribution in [3.63, 3.8) is 0 Å². The Balaban J connectivity index is 1.70. The zero-order valence-corrected chi connectivity index (χ0v) is 16.8. The normalized spacial score (nSPS) is 14.8. The lowest BCUT2D eigenvalue weighted by molar-refractivity contribution is -0.122. The highest BCUT2D eigenvalue weighted by atomic mass is 32.2. The molecule has 0 aromatic heterocycles. The molecule has 0 bridgehead atoms. The highest BCUT2D eigenvalue weighted by molar-refractivity contribution is 7.91. The molecule has 0 radical (unpaired) electrons. The number of amides is 1. The van der Waals surface area contributed by atoms with Crippen LogP contribution in [0.5, 0.6) is 5.75 Å². The number of ether oxygens (including phenoxy) is 1. The van der Waals surface area contributed by atoms with Gasteiger partial charge in [0.15, 0.2) is 9.84 Å². The van der Waals surface area contributed by atoms with Crippen LogP contribution < -0.4 is 15.8 Å². The van der Waals surface area contributed by atoms with E-state index >= 15 is 0 Å². The van der Waals surface area contributed by atoms with Gasteiger partial charge in [0.1, 0.15) is 12.4 Å². The first-order valence-corrected chi connectivity index (χ1v) is 11.2. The molecule has 1 aliphatic rings. The molecule has 0 atom stereocenters. The predicted molar refractivity (Wildman–Crippen MR) is 106 cm³/mol. The monoisotopic (exact) mass is 394 g/mol. The standard InChI is InChI=1S/C20H30N2O4S/c1-2-16(14-21)15-26-18-8-10-19(11-9-18)27(24,25)13-5-3-4-12-22-20(23)17-6-7-17/h2,8-11,17H,3-7,12-15,21H2,1H3,(H,22,23)/b16-2+. The van der Waals surface area contributed by atoms with Gasteiger partial charge in [-0.25, -0.2) is 8.42 Å². The van der Waals surface area contributed by atoms with Crippen molar-refractivity contribution in [1.29, 1.82) is 0 Å². The van der Waals surface area contributed by atoms with Crippen molar-refractivity contribution in [3.8, 4) is 5.75 Å². The molecule has 27 heavy (non-hydrogen) atoms. The maximum Gasteiger partial charge on any atom is 0.223 e. The highest BCUT2D eigenvalue weighted by Gasteiger charge is 2.28. The van der Waals surface area contributed by atoms with Crippen molar-refractivity contribution >= 4 is 15.7 Å². The molecular weight excluding hydrogens is 364 g/mol. The number of carbonyl (C=O) groups excluding carboxylic acids is 1. The number of nitrogens with one attached hydrogen (secondary N) is 1. The van der Waals surface area contributed by atoms with Gasteiger partial charge in [-0.15, -0.1) is 0 Å². The van der Waals surface area contributed by atoms with Crippen LogP contribution in [0.4, 0.5) is 0 Å². The van der Waals surface area contributed by atoms with Gasteiger partial charge in [-0.3, -0.25) is 4.79 Å². The molecule has 1 aromatic rings. The predicted octanol–water partition coefficient (Wildman–Crippen LogP) is 2.44. The molecule has 0 aliphatic heterocycles. The van der Waals surface area contributed by atoms with E-state index in [1.165, 1.54) is 0 Å². The third kappa shape index (κ3) is 7.34. The number of carbonyl (C=O) groups is 1. The fourth-order valence-corrected chi connectivity index (χ4v) is 3.96. The van der Waals surface area contributed by atoms with E-state index in [9.17, 15) is 13.2 Å². The van der Waals surface area contributed by atoms with Gasteiger partial charge in [0, 0.05) is 19.0 Å². The molecule has 1 amide bonds. The third-order valence-corrected chi connectivity index (χ3v) is 6.43. The SMILES string of the molecule is C/C=C(\CN)COc1ccc(S(=O)(=O)CCCCCNC(=O)C2CC2)cc1. The van der Waals surface area contributed by atoms with Crippen molar-refractivity contribution in [3.05, 3.63) is 35.9 Å². The Morgan fingerprint density at radius 1 is 1.22 bits per heavy atom. The third-order valence-electron chi connectivity index (χ3n) is 4.61. The van der Waals surface area contributed by atoms with Gasteiger partial charge < -0.3 is 15.8 Å². The van der Waals surface area contributed by atoms with E-state index in [1.54, 1.807) is 24.3 Å². The molecule has 1 fully saturated rings. The molecule has 2 rings (SSSR count). The number of benzene rings is 1. The first-order chi connectivity index (χ1) is 13.0. The van der Waals surface area contributed by atoms with Crippen LogP contribution in [0.3, 0.4) is 0 Å². The zero-order valence-electron chi connectivity index (χ0n) is 15.9. The summed E-state index contributed by atoms with van der Waals surface area (Å²) in [4.78, 5) is 11.8. The number of nitrogens with two attached hydrogens (primary N) is 1. The summed E-state index contributed by atoms with van der Waals surface area (Å²) < 4.78 is 30.4. The van der Waals surface area contributed by atoms with E-state index in [4.69, 9.17) is 10.5 Å². The molecule has 0 saturated heterocycles. The molecule has 0 heterocycles. The molecule has 1 aromatic carbocycles. The summed E-state index contributed by atoms with van der Waals surface area (Å²) in [6.45, 7) is 3.37. The second-order valence-corrected chi connectivity index (χ2v) is 8.97. The molecule has 0 unspecified atom stereocenters. The Hall–Kier alpha value is -1.86. The Labute approximate surface area is 162 Å². The molecule has 0 spiro atoms. The number of rotatable bonds is 12. The average Bonchev–Trinajstić information content (AvgIpc) is 3.51. The lowest BCUT2D eigenvalue weighted by atomic mass is 10.2. The minimum absolute atomic E-state index is 0.111. The van der Waals surface area contributed by atoms with Crippen molar-refractivity contribution in [2.24, 2.45) is 11.7 Å². The molecule has 1 saturated carbocycles. The van der Waals surface area contributed by atoms with Gasteiger partial charge in [-0.2, -0.15) is 0 Å². The molecular formula is C20H30N2O4S. The van der Waals surface area contributed by atoms with E-state index in [0.29, 0.717) is 36.8 Å². The van der Waals surface area contributed by atoms with E-state index in [-0.39, 0.29) is 17.6 Å². The summed E-state index contributed by atoms with van der Waals surface area (Å²) in [7, 11) is -3.30. The van der Waals surface area contributed by atoms with E-state index in [0.717, 1.165) is 31.3 Å². The number of allylic oxidation sites excluding steroid dienone is 1. The minimum atomic E-state index is -3.30. The van der Waals surface area contributed by atoms with Gasteiger partial charge in [0.2, 0.25) is 5.91 Å². The van der Waals surface area contributed by atoms with Crippen LogP contribution in [0.25, 0.3) is 0 Å². The second-order valence-electron chi connectivity index (χ2n) is 6.86. The summed E-state index contributed by atoms with van der Waals surface area (Å²) in [5.74, 6) is 1.09. The largest absolute Gasteiger partial charge is 0.489 e. The molecule has 1 aliphatic carbocycles. The summed E-state index contributed by atoms with van der Waals surface area (Å²) in [5.41, 5.74) is 6.57. The van der Waals surface area contributed by atoms with Gasteiger partial charge >= 0.3 is 0 Å². The van der Waals surface area contributed by atoms with Crippen molar-refractivity contribution in [2.75, 3.05) is 25.4 Å². The van der Waals surface area contributed by atoms with Crippen LogP contribution in [0.1, 0.15) is 39.0 Å². The van der Waals surface area contributed by atoms with Crippen molar-refractivity contribution in [2.45, 2.75) is 43.9 Å². The maximum atomic E-state index is 12.4. The fourth-order valence-electron chi connectivity index (χ4n) is 2.59. The summed E-state index contributed by atoms with van der Waals surface area (Å²) >= 11 is 0. The maximum absolute atomic E-state index is 12.4. The highest BCUT2D eigenvalue weighted by Crippen LogP contribution is 2.28. The van der Waals surface area contributed by atoms with Gasteiger partial charge in [-0.05, 0) is 62.4 Å². The first kappa shape index (κ1) is 21.4. The van der Waals surface area contributed by atoms with E-state index < -0.39 is 9.84 Å². The van der Waals surface area contributed by atoms with Gasteiger partial charge in [0.05, 0.1) is 10.6 Å². The lowest BCUT2D eigenvalue weighted by Crippen LogP contribution is -2.25. The topological polar surface area (TPSA) is 98.5 Å². The Morgan fingerprint density at radius 2 is 1.93 bits per heavy atom. The fraction of sp³-hybridized carbons (Fsp3) is 0.550. The zero-order chi connectivity index (χ0) is 19.7. The van der Waals surface area contributed by atoms with Crippen molar-refractivity contribution < 1.29 is 17.9 Å².